The van der Waals surface area contributed by atoms with E-state index in [-0.39, 0.29) is 22.3 Å². The fourth-order valence-electron chi connectivity index (χ4n) is 5.69. The Bertz CT molecular complexity index is 1380. The van der Waals surface area contributed by atoms with Gasteiger partial charge in [0.2, 0.25) is 0 Å². The lowest BCUT2D eigenvalue weighted by molar-refractivity contribution is 0.0593. The lowest BCUT2D eigenvalue weighted by atomic mass is 9.11. The zero-order valence-corrected chi connectivity index (χ0v) is 23.1. The van der Waals surface area contributed by atoms with Gasteiger partial charge < -0.3 is 18.9 Å². The molecule has 0 saturated carbocycles. The minimum absolute atomic E-state index is 0.175. The topological polar surface area (TPSA) is 105 Å². The average molecular weight is 551 g/mol. The number of ether oxygens (including phenoxy) is 4. The molecule has 0 saturated heterocycles. The molecule has 0 aliphatic rings. The van der Waals surface area contributed by atoms with Crippen molar-refractivity contribution in [1.29, 1.82) is 0 Å². The van der Waals surface area contributed by atoms with Crippen molar-refractivity contribution in [1.82, 2.24) is 0 Å². The molecule has 0 N–H and O–H groups in total. The first-order valence-corrected chi connectivity index (χ1v) is 12.7. The van der Waals surface area contributed by atoms with Crippen molar-refractivity contribution in [3.05, 3.63) is 119 Å². The van der Waals surface area contributed by atoms with Gasteiger partial charge in [-0.2, -0.15) is 21.9 Å². The van der Waals surface area contributed by atoms with Crippen LogP contribution < -0.4 is 21.9 Å². The Kier molecular flexibility index (Phi) is 8.67. The van der Waals surface area contributed by atoms with E-state index in [1.165, 1.54) is 28.4 Å². The van der Waals surface area contributed by atoms with Crippen LogP contribution in [0.25, 0.3) is 0 Å². The van der Waals surface area contributed by atoms with Crippen molar-refractivity contribution >= 4 is 51.9 Å². The molecular weight excluding hydrogens is 523 g/mol. The van der Waals surface area contributed by atoms with Crippen LogP contribution in [-0.4, -0.2) is 58.5 Å². The molecule has 0 aliphatic carbocycles. The van der Waals surface area contributed by atoms with Crippen LogP contribution in [0.4, 0.5) is 0 Å². The van der Waals surface area contributed by atoms with E-state index >= 15 is 0 Å². The third-order valence-corrected chi connectivity index (χ3v) is 7.33. The molecule has 4 rings (SSSR count). The monoisotopic (exact) mass is 551 g/mol. The minimum atomic E-state index is -2.71. The summed E-state index contributed by atoms with van der Waals surface area (Å²) in [7, 11) is 5.06. The van der Waals surface area contributed by atoms with E-state index in [1.807, 2.05) is 0 Å². The zero-order chi connectivity index (χ0) is 29.6. The highest BCUT2D eigenvalue weighted by atomic mass is 16.5. The molecule has 0 fully saturated rings. The molecule has 0 spiro atoms. The van der Waals surface area contributed by atoms with Crippen LogP contribution in [0, 0.1) is 0 Å². The lowest BCUT2D eigenvalue weighted by Gasteiger charge is -2.47. The van der Waals surface area contributed by atoms with Crippen LogP contribution >= 0.6 is 0 Å². The lowest BCUT2D eigenvalue weighted by Crippen LogP contribution is -2.78. The summed E-state index contributed by atoms with van der Waals surface area (Å²) in [6, 6.07) is 27.0. The van der Waals surface area contributed by atoms with Gasteiger partial charge in [0.1, 0.15) is 6.15 Å². The molecule has 0 radical (unpaired) electrons. The number of benzene rings is 4. The first-order chi connectivity index (χ1) is 19.9. The van der Waals surface area contributed by atoms with E-state index in [4.69, 9.17) is 18.9 Å². The van der Waals surface area contributed by atoms with E-state index < -0.39 is 30.0 Å². The summed E-state index contributed by atoms with van der Waals surface area (Å²) in [6.45, 7) is 0. The number of hydrogen-bond donors (Lipinski definition) is 0. The van der Waals surface area contributed by atoms with Gasteiger partial charge in [0.25, 0.3) is 0 Å². The fourth-order valence-corrected chi connectivity index (χ4v) is 5.69. The maximum absolute atomic E-state index is 13.3. The van der Waals surface area contributed by atoms with E-state index in [0.717, 1.165) is 0 Å². The molecule has 0 heterocycles. The summed E-state index contributed by atoms with van der Waals surface area (Å²) in [4.78, 5) is 53.3. The van der Waals surface area contributed by atoms with Crippen molar-refractivity contribution in [2.24, 2.45) is 0 Å². The normalized spacial score (nSPS) is 10.8. The van der Waals surface area contributed by atoms with E-state index in [1.54, 1.807) is 97.1 Å². The van der Waals surface area contributed by atoms with E-state index in [2.05, 4.69) is 0 Å². The SMILES string of the molecule is COC(=O)c1ccccc1[B-](c1ccccc1C(=O)OC)(c1ccccc1C(=O)OC)c1ccccc1C(=O)OC. The molecule has 0 amide bonds. The zero-order valence-electron chi connectivity index (χ0n) is 23.1. The van der Waals surface area contributed by atoms with E-state index in [0.29, 0.717) is 21.9 Å². The molecule has 0 bridgehead atoms. The molecule has 208 valence electrons. The number of carbonyl (C=O) groups excluding carboxylic acids is 4. The number of carbonyl (C=O) groups is 4. The van der Waals surface area contributed by atoms with Gasteiger partial charge in [0.15, 0.2) is 0 Å². The molecular formula is C32H28BO8-. The maximum Gasteiger partial charge on any atom is 0.334 e. The Morgan fingerprint density at radius 2 is 0.585 bits per heavy atom. The highest BCUT2D eigenvalue weighted by Gasteiger charge is 2.41. The predicted octanol–water partition coefficient (Wildman–Crippen LogP) is 2.21. The summed E-state index contributed by atoms with van der Waals surface area (Å²) in [5.41, 5.74) is 2.32. The standard InChI is InChI=1S/C32H28BO8/c1-38-29(34)21-13-5-9-17-25(21)33(26-18-10-6-14-22(26)30(35)39-2,27-19-11-7-15-23(27)31(36)40-3)28-20-12-8-16-24(28)32(37)41-4/h5-20H,1-4H3/q-1. The van der Waals surface area contributed by atoms with Crippen LogP contribution in [0.5, 0.6) is 0 Å². The van der Waals surface area contributed by atoms with E-state index in [9.17, 15) is 19.2 Å². The first-order valence-electron chi connectivity index (χ1n) is 12.7. The van der Waals surface area contributed by atoms with Gasteiger partial charge in [-0.25, -0.2) is 19.2 Å². The smallest absolute Gasteiger partial charge is 0.334 e. The quantitative estimate of drug-likeness (QED) is 0.187. The number of methoxy groups -OCH3 is 4. The highest BCUT2D eigenvalue weighted by Crippen LogP contribution is 2.20. The average Bonchev–Trinajstić information content (AvgIpc) is 3.04. The molecule has 4 aromatic carbocycles. The van der Waals surface area contributed by atoms with Gasteiger partial charge in [0, 0.05) is 22.3 Å². The van der Waals surface area contributed by atoms with Crippen LogP contribution in [0.15, 0.2) is 97.1 Å². The Morgan fingerprint density at radius 1 is 0.390 bits per heavy atom. The van der Waals surface area contributed by atoms with Gasteiger partial charge in [-0.1, -0.05) is 97.1 Å². The molecule has 0 aromatic heterocycles. The van der Waals surface area contributed by atoms with Crippen molar-refractivity contribution in [3.63, 3.8) is 0 Å². The minimum Gasteiger partial charge on any atom is -0.466 e. The molecule has 0 aliphatic heterocycles. The summed E-state index contributed by atoms with van der Waals surface area (Å²) in [5.74, 6) is -2.58. The summed E-state index contributed by atoms with van der Waals surface area (Å²) < 4.78 is 20.7. The second-order valence-electron chi connectivity index (χ2n) is 9.18. The van der Waals surface area contributed by atoms with Crippen LogP contribution in [-0.2, 0) is 18.9 Å². The van der Waals surface area contributed by atoms with Crippen LogP contribution in [0.1, 0.15) is 41.4 Å². The molecule has 0 atom stereocenters. The third-order valence-electron chi connectivity index (χ3n) is 7.33. The third kappa shape index (κ3) is 4.98. The van der Waals surface area contributed by atoms with Crippen LogP contribution in [0.3, 0.4) is 0 Å². The van der Waals surface area contributed by atoms with Gasteiger partial charge >= 0.3 is 23.9 Å². The van der Waals surface area contributed by atoms with Gasteiger partial charge in [-0.3, -0.25) is 0 Å². The number of hydrogen-bond acceptors (Lipinski definition) is 8. The Balaban J connectivity index is 2.41. The largest absolute Gasteiger partial charge is 0.466 e. The molecule has 8 nitrogen and oxygen atoms in total. The second kappa shape index (κ2) is 12.3. The van der Waals surface area contributed by atoms with Gasteiger partial charge in [0.05, 0.1) is 28.4 Å². The summed E-state index contributed by atoms with van der Waals surface area (Å²) >= 11 is 0. The summed E-state index contributed by atoms with van der Waals surface area (Å²) in [6.07, 6.45) is -2.71. The predicted molar refractivity (Wildman–Crippen MR) is 155 cm³/mol. The Labute approximate surface area is 237 Å². The molecule has 0 unspecified atom stereocenters. The summed E-state index contributed by atoms with van der Waals surface area (Å²) in [5, 5.41) is 0. The Hall–Kier alpha value is -5.18. The number of esters is 4. The Morgan fingerprint density at radius 3 is 0.780 bits per heavy atom. The van der Waals surface area contributed by atoms with Crippen molar-refractivity contribution < 1.29 is 38.1 Å². The maximum atomic E-state index is 13.3. The molecule has 4 aromatic rings. The highest BCUT2D eigenvalue weighted by molar-refractivity contribution is 7.21. The molecule has 41 heavy (non-hydrogen) atoms. The van der Waals surface area contributed by atoms with Crippen LogP contribution in [0.2, 0.25) is 0 Å². The first kappa shape index (κ1) is 28.8. The van der Waals surface area contributed by atoms with Crippen molar-refractivity contribution in [2.75, 3.05) is 28.4 Å². The number of rotatable bonds is 8. The van der Waals surface area contributed by atoms with Gasteiger partial charge in [-0.15, -0.1) is 0 Å². The van der Waals surface area contributed by atoms with Gasteiger partial charge in [-0.05, 0) is 0 Å². The van der Waals surface area contributed by atoms with Crippen molar-refractivity contribution in [2.45, 2.75) is 0 Å². The molecule has 9 heteroatoms. The van der Waals surface area contributed by atoms with Crippen molar-refractivity contribution in [3.8, 4) is 0 Å². The fraction of sp³-hybridized carbons (Fsp3) is 0.125. The second-order valence-corrected chi connectivity index (χ2v) is 9.18.